The lowest BCUT2D eigenvalue weighted by molar-refractivity contribution is -0.144. The van der Waals surface area contributed by atoms with Crippen molar-refractivity contribution in [1.29, 1.82) is 0 Å². The molecule has 0 unspecified atom stereocenters. The average molecular weight is 424 g/mol. The monoisotopic (exact) mass is 422 g/mol. The number of halogens is 2. The Balaban J connectivity index is 2.50. The van der Waals surface area contributed by atoms with Gasteiger partial charge in [0.05, 0.1) is 29.1 Å². The molecule has 7 heteroatoms. The zero-order chi connectivity index (χ0) is 15.8. The van der Waals surface area contributed by atoms with E-state index in [4.69, 9.17) is 14.2 Å². The number of ether oxygens (including phenoxy) is 3. The van der Waals surface area contributed by atoms with Gasteiger partial charge in [0.15, 0.2) is 5.78 Å². The van der Waals surface area contributed by atoms with Gasteiger partial charge in [-0.2, -0.15) is 0 Å². The highest BCUT2D eigenvalue weighted by Crippen LogP contribution is 2.35. The van der Waals surface area contributed by atoms with Crippen LogP contribution in [0.15, 0.2) is 21.1 Å². The standard InChI is InChI=1S/C14H16Br2O5/c1-3-20-14(18)5-4-9(17)8-21-13-7-10(15)12(19-2)6-11(13)16/h6-7H,3-5,8H2,1-2H3. The molecule has 1 aromatic carbocycles. The fourth-order valence-electron chi connectivity index (χ4n) is 1.48. The van der Waals surface area contributed by atoms with Crippen molar-refractivity contribution >= 4 is 43.6 Å². The SMILES string of the molecule is CCOC(=O)CCC(=O)COc1cc(Br)c(OC)cc1Br. The first-order valence-electron chi connectivity index (χ1n) is 6.31. The molecular weight excluding hydrogens is 408 g/mol. The molecule has 0 saturated carbocycles. The number of methoxy groups -OCH3 is 1. The maximum absolute atomic E-state index is 11.7. The number of esters is 1. The quantitative estimate of drug-likeness (QED) is 0.598. The van der Waals surface area contributed by atoms with Crippen LogP contribution in [0.2, 0.25) is 0 Å². The fourth-order valence-corrected chi connectivity index (χ4v) is 2.40. The highest BCUT2D eigenvalue weighted by Gasteiger charge is 2.12. The predicted molar refractivity (Wildman–Crippen MR) is 84.8 cm³/mol. The molecule has 5 nitrogen and oxygen atoms in total. The Kier molecular flexibility index (Phi) is 7.74. The fraction of sp³-hybridized carbons (Fsp3) is 0.429. The smallest absolute Gasteiger partial charge is 0.306 e. The number of Topliss-reactive ketones (excluding diaryl/α,β-unsaturated/α-hetero) is 1. The molecule has 0 spiro atoms. The van der Waals surface area contributed by atoms with Crippen molar-refractivity contribution in [1.82, 2.24) is 0 Å². The molecular formula is C14H16Br2O5. The van der Waals surface area contributed by atoms with Gasteiger partial charge in [-0.1, -0.05) is 0 Å². The number of carbonyl (C=O) groups is 2. The Bertz CT molecular complexity index is 516. The summed E-state index contributed by atoms with van der Waals surface area (Å²) < 4.78 is 16.7. The van der Waals surface area contributed by atoms with Crippen molar-refractivity contribution in [3.05, 3.63) is 21.1 Å². The summed E-state index contributed by atoms with van der Waals surface area (Å²) >= 11 is 6.69. The number of hydrogen-bond donors (Lipinski definition) is 0. The minimum atomic E-state index is -0.376. The summed E-state index contributed by atoms with van der Waals surface area (Å²) in [5.74, 6) is 0.635. The lowest BCUT2D eigenvalue weighted by Crippen LogP contribution is -2.14. The molecule has 1 rings (SSSR count). The summed E-state index contributed by atoms with van der Waals surface area (Å²) in [6.07, 6.45) is 0.178. The van der Waals surface area contributed by atoms with E-state index in [1.165, 1.54) is 0 Å². The van der Waals surface area contributed by atoms with Crippen LogP contribution < -0.4 is 9.47 Å². The third kappa shape index (κ3) is 6.05. The van der Waals surface area contributed by atoms with Crippen LogP contribution in [0.4, 0.5) is 0 Å². The molecule has 21 heavy (non-hydrogen) atoms. The van der Waals surface area contributed by atoms with Crippen LogP contribution in [0.25, 0.3) is 0 Å². The molecule has 0 heterocycles. The van der Waals surface area contributed by atoms with E-state index in [0.717, 1.165) is 4.47 Å². The third-order valence-corrected chi connectivity index (χ3v) is 3.75. The molecule has 0 radical (unpaired) electrons. The zero-order valence-corrected chi connectivity index (χ0v) is 15.0. The Morgan fingerprint density at radius 3 is 2.33 bits per heavy atom. The van der Waals surface area contributed by atoms with E-state index in [1.54, 1.807) is 26.2 Å². The zero-order valence-electron chi connectivity index (χ0n) is 11.8. The molecule has 0 N–H and O–H groups in total. The molecule has 0 atom stereocenters. The predicted octanol–water partition coefficient (Wildman–Crippen LogP) is 3.51. The number of benzene rings is 1. The van der Waals surface area contributed by atoms with E-state index in [9.17, 15) is 9.59 Å². The van der Waals surface area contributed by atoms with E-state index in [-0.39, 0.29) is 31.2 Å². The van der Waals surface area contributed by atoms with Gasteiger partial charge in [0.2, 0.25) is 0 Å². The summed E-state index contributed by atoms with van der Waals surface area (Å²) in [6, 6.07) is 3.45. The van der Waals surface area contributed by atoms with Gasteiger partial charge < -0.3 is 14.2 Å². The first-order valence-corrected chi connectivity index (χ1v) is 7.89. The van der Waals surface area contributed by atoms with Gasteiger partial charge in [-0.05, 0) is 50.9 Å². The molecule has 0 amide bonds. The Hall–Kier alpha value is -1.08. The van der Waals surface area contributed by atoms with Gasteiger partial charge in [0, 0.05) is 6.42 Å². The van der Waals surface area contributed by atoms with Gasteiger partial charge in [0.25, 0.3) is 0 Å². The molecule has 0 aromatic heterocycles. The van der Waals surface area contributed by atoms with Crippen molar-refractivity contribution in [2.45, 2.75) is 19.8 Å². The third-order valence-electron chi connectivity index (χ3n) is 2.51. The van der Waals surface area contributed by atoms with Gasteiger partial charge >= 0.3 is 5.97 Å². The number of ketones is 1. The van der Waals surface area contributed by atoms with Crippen LogP contribution in [0.3, 0.4) is 0 Å². The van der Waals surface area contributed by atoms with Gasteiger partial charge in [-0.25, -0.2) is 0 Å². The number of hydrogen-bond acceptors (Lipinski definition) is 5. The second kappa shape index (κ2) is 9.04. The molecule has 1 aromatic rings. The van der Waals surface area contributed by atoms with Crippen LogP contribution in [-0.4, -0.2) is 32.1 Å². The van der Waals surface area contributed by atoms with E-state index in [0.29, 0.717) is 22.6 Å². The normalized spacial score (nSPS) is 10.1. The lowest BCUT2D eigenvalue weighted by atomic mass is 10.2. The second-order valence-corrected chi connectivity index (χ2v) is 5.76. The second-order valence-electron chi connectivity index (χ2n) is 4.05. The van der Waals surface area contributed by atoms with Crippen molar-refractivity contribution in [3.8, 4) is 11.5 Å². The summed E-state index contributed by atoms with van der Waals surface area (Å²) in [7, 11) is 1.56. The summed E-state index contributed by atoms with van der Waals surface area (Å²) in [5.41, 5.74) is 0. The van der Waals surface area contributed by atoms with Crippen molar-refractivity contribution in [2.75, 3.05) is 20.3 Å². The summed E-state index contributed by atoms with van der Waals surface area (Å²) in [4.78, 5) is 22.8. The molecule has 0 fully saturated rings. The number of carbonyl (C=O) groups excluding carboxylic acids is 2. The van der Waals surface area contributed by atoms with Crippen molar-refractivity contribution in [2.24, 2.45) is 0 Å². The van der Waals surface area contributed by atoms with Crippen molar-refractivity contribution in [3.63, 3.8) is 0 Å². The van der Waals surface area contributed by atoms with E-state index >= 15 is 0 Å². The van der Waals surface area contributed by atoms with Crippen LogP contribution in [0.5, 0.6) is 11.5 Å². The average Bonchev–Trinajstić information content (AvgIpc) is 2.45. The Labute approximate surface area is 140 Å². The molecule has 0 aliphatic carbocycles. The summed E-state index contributed by atoms with van der Waals surface area (Å²) in [6.45, 7) is 1.94. The molecule has 0 aliphatic rings. The van der Waals surface area contributed by atoms with Crippen molar-refractivity contribution < 1.29 is 23.8 Å². The van der Waals surface area contributed by atoms with E-state index < -0.39 is 0 Å². The topological polar surface area (TPSA) is 61.8 Å². The minimum Gasteiger partial charge on any atom is -0.496 e. The van der Waals surface area contributed by atoms with Crippen LogP contribution in [0, 0.1) is 0 Å². The summed E-state index contributed by atoms with van der Waals surface area (Å²) in [5, 5.41) is 0. The Morgan fingerprint density at radius 2 is 1.71 bits per heavy atom. The Morgan fingerprint density at radius 1 is 1.10 bits per heavy atom. The maximum atomic E-state index is 11.7. The van der Waals surface area contributed by atoms with Crippen LogP contribution >= 0.6 is 31.9 Å². The highest BCUT2D eigenvalue weighted by atomic mass is 79.9. The molecule has 0 bridgehead atoms. The maximum Gasteiger partial charge on any atom is 0.306 e. The number of rotatable bonds is 8. The van der Waals surface area contributed by atoms with E-state index in [1.807, 2.05) is 0 Å². The van der Waals surface area contributed by atoms with Gasteiger partial charge in [-0.15, -0.1) is 0 Å². The van der Waals surface area contributed by atoms with Crippen LogP contribution in [-0.2, 0) is 14.3 Å². The highest BCUT2D eigenvalue weighted by molar-refractivity contribution is 9.11. The first kappa shape index (κ1) is 18.0. The van der Waals surface area contributed by atoms with Gasteiger partial charge in [-0.3, -0.25) is 9.59 Å². The van der Waals surface area contributed by atoms with E-state index in [2.05, 4.69) is 31.9 Å². The van der Waals surface area contributed by atoms with Gasteiger partial charge in [0.1, 0.15) is 18.1 Å². The largest absolute Gasteiger partial charge is 0.496 e. The molecule has 0 saturated heterocycles. The molecule has 0 aliphatic heterocycles. The molecule has 116 valence electrons. The minimum absolute atomic E-state index is 0.0729. The van der Waals surface area contributed by atoms with Crippen LogP contribution in [0.1, 0.15) is 19.8 Å². The lowest BCUT2D eigenvalue weighted by Gasteiger charge is -2.10. The first-order chi connectivity index (χ1) is 9.97.